The van der Waals surface area contributed by atoms with Crippen LogP contribution >= 0.6 is 0 Å². The number of nitrogens with zero attached hydrogens (tertiary/aromatic N) is 5. The SMILES string of the molecule is CCNC(=NCc1ccc(CN2CCc3ccccc32)cc1)NCc1ncnn1C. The summed E-state index contributed by atoms with van der Waals surface area (Å²) in [6.07, 6.45) is 2.70. The summed E-state index contributed by atoms with van der Waals surface area (Å²) >= 11 is 0. The van der Waals surface area contributed by atoms with Crippen LogP contribution in [0.5, 0.6) is 0 Å². The van der Waals surface area contributed by atoms with Crippen LogP contribution in [0, 0.1) is 0 Å². The molecule has 156 valence electrons. The summed E-state index contributed by atoms with van der Waals surface area (Å²) in [6.45, 7) is 6.11. The number of benzene rings is 2. The van der Waals surface area contributed by atoms with Crippen molar-refractivity contribution in [1.29, 1.82) is 0 Å². The molecule has 7 heteroatoms. The van der Waals surface area contributed by atoms with Crippen molar-refractivity contribution < 1.29 is 0 Å². The van der Waals surface area contributed by atoms with Crippen LogP contribution < -0.4 is 15.5 Å². The molecular weight excluding hydrogens is 374 g/mol. The fraction of sp³-hybridized carbons (Fsp3) is 0.348. The second-order valence-electron chi connectivity index (χ2n) is 7.47. The summed E-state index contributed by atoms with van der Waals surface area (Å²) in [4.78, 5) is 11.4. The second kappa shape index (κ2) is 9.43. The van der Waals surface area contributed by atoms with Gasteiger partial charge in [0, 0.05) is 32.4 Å². The van der Waals surface area contributed by atoms with Gasteiger partial charge in [0.1, 0.15) is 12.2 Å². The van der Waals surface area contributed by atoms with Crippen LogP contribution in [0.4, 0.5) is 5.69 Å². The van der Waals surface area contributed by atoms with E-state index in [0.717, 1.165) is 37.8 Å². The summed E-state index contributed by atoms with van der Waals surface area (Å²) in [5.74, 6) is 1.65. The predicted octanol–water partition coefficient (Wildman–Crippen LogP) is 2.63. The molecule has 1 aliphatic heterocycles. The van der Waals surface area contributed by atoms with Gasteiger partial charge in [0.15, 0.2) is 5.96 Å². The van der Waals surface area contributed by atoms with Crippen LogP contribution in [0.15, 0.2) is 59.9 Å². The molecule has 4 rings (SSSR count). The lowest BCUT2D eigenvalue weighted by Crippen LogP contribution is -2.37. The highest BCUT2D eigenvalue weighted by Gasteiger charge is 2.18. The van der Waals surface area contributed by atoms with E-state index in [9.17, 15) is 0 Å². The van der Waals surface area contributed by atoms with Crippen molar-refractivity contribution in [2.24, 2.45) is 12.0 Å². The van der Waals surface area contributed by atoms with Crippen molar-refractivity contribution in [3.05, 3.63) is 77.4 Å². The molecule has 7 nitrogen and oxygen atoms in total. The molecule has 1 aromatic heterocycles. The van der Waals surface area contributed by atoms with Crippen LogP contribution in [0.2, 0.25) is 0 Å². The molecule has 0 aliphatic carbocycles. The number of para-hydroxylation sites is 1. The van der Waals surface area contributed by atoms with E-state index in [4.69, 9.17) is 4.99 Å². The van der Waals surface area contributed by atoms with Gasteiger partial charge in [0.05, 0.1) is 13.1 Å². The first-order valence-electron chi connectivity index (χ1n) is 10.5. The van der Waals surface area contributed by atoms with E-state index < -0.39 is 0 Å². The molecule has 0 fully saturated rings. The largest absolute Gasteiger partial charge is 0.367 e. The third kappa shape index (κ3) is 4.79. The smallest absolute Gasteiger partial charge is 0.191 e. The summed E-state index contributed by atoms with van der Waals surface area (Å²) in [5.41, 5.74) is 5.34. The molecular formula is C23H29N7. The Kier molecular flexibility index (Phi) is 6.27. The van der Waals surface area contributed by atoms with E-state index in [0.29, 0.717) is 13.1 Å². The first-order valence-corrected chi connectivity index (χ1v) is 10.5. The number of nitrogens with one attached hydrogen (secondary N) is 2. The zero-order chi connectivity index (χ0) is 20.8. The van der Waals surface area contributed by atoms with E-state index in [-0.39, 0.29) is 0 Å². The third-order valence-electron chi connectivity index (χ3n) is 5.36. The average Bonchev–Trinajstić information content (AvgIpc) is 3.37. The minimum Gasteiger partial charge on any atom is -0.367 e. The lowest BCUT2D eigenvalue weighted by Gasteiger charge is -2.19. The Labute approximate surface area is 177 Å². The van der Waals surface area contributed by atoms with E-state index in [1.807, 2.05) is 7.05 Å². The Balaban J connectivity index is 1.34. The number of aromatic nitrogens is 3. The number of rotatable bonds is 7. The molecule has 0 atom stereocenters. The molecule has 2 N–H and O–H groups in total. The van der Waals surface area contributed by atoms with Gasteiger partial charge in [0.25, 0.3) is 0 Å². The number of fused-ring (bicyclic) bond motifs is 1. The lowest BCUT2D eigenvalue weighted by atomic mass is 10.1. The van der Waals surface area contributed by atoms with Crippen molar-refractivity contribution in [3.8, 4) is 0 Å². The Morgan fingerprint density at radius 3 is 2.63 bits per heavy atom. The fourth-order valence-electron chi connectivity index (χ4n) is 3.70. The first-order chi connectivity index (χ1) is 14.7. The van der Waals surface area contributed by atoms with E-state index in [1.54, 1.807) is 11.0 Å². The second-order valence-corrected chi connectivity index (χ2v) is 7.47. The minimum atomic E-state index is 0.582. The van der Waals surface area contributed by atoms with Crippen LogP contribution in [-0.4, -0.2) is 33.8 Å². The van der Waals surface area contributed by atoms with Gasteiger partial charge < -0.3 is 15.5 Å². The van der Waals surface area contributed by atoms with Crippen LogP contribution in [-0.2, 0) is 33.1 Å². The van der Waals surface area contributed by atoms with Gasteiger partial charge in [-0.2, -0.15) is 5.10 Å². The Morgan fingerprint density at radius 2 is 1.87 bits per heavy atom. The molecule has 1 aliphatic rings. The van der Waals surface area contributed by atoms with E-state index in [1.165, 1.54) is 22.4 Å². The van der Waals surface area contributed by atoms with Gasteiger partial charge in [-0.1, -0.05) is 42.5 Å². The van der Waals surface area contributed by atoms with Gasteiger partial charge in [-0.3, -0.25) is 4.68 Å². The monoisotopic (exact) mass is 403 g/mol. The van der Waals surface area contributed by atoms with Crippen LogP contribution in [0.1, 0.15) is 29.4 Å². The molecule has 0 saturated carbocycles. The highest BCUT2D eigenvalue weighted by atomic mass is 15.3. The minimum absolute atomic E-state index is 0.582. The first kappa shape index (κ1) is 19.9. The van der Waals surface area contributed by atoms with Crippen molar-refractivity contribution >= 4 is 11.6 Å². The van der Waals surface area contributed by atoms with Gasteiger partial charge in [-0.05, 0) is 36.1 Å². The molecule has 0 saturated heterocycles. The zero-order valence-electron chi connectivity index (χ0n) is 17.7. The molecule has 2 aromatic carbocycles. The maximum Gasteiger partial charge on any atom is 0.191 e. The average molecular weight is 404 g/mol. The number of anilines is 1. The van der Waals surface area contributed by atoms with Crippen LogP contribution in [0.25, 0.3) is 0 Å². The summed E-state index contributed by atoms with van der Waals surface area (Å²) < 4.78 is 1.76. The maximum atomic E-state index is 4.70. The summed E-state index contributed by atoms with van der Waals surface area (Å²) in [7, 11) is 1.89. The molecule has 3 aromatic rings. The Bertz CT molecular complexity index is 991. The third-order valence-corrected chi connectivity index (χ3v) is 5.36. The molecule has 2 heterocycles. The molecule has 0 unspecified atom stereocenters. The van der Waals surface area contributed by atoms with Crippen molar-refractivity contribution in [3.63, 3.8) is 0 Å². The van der Waals surface area contributed by atoms with E-state index >= 15 is 0 Å². The molecule has 0 radical (unpaired) electrons. The number of aryl methyl sites for hydroxylation is 1. The topological polar surface area (TPSA) is 70.4 Å². The maximum absolute atomic E-state index is 4.70. The Hall–Kier alpha value is -3.35. The predicted molar refractivity (Wildman–Crippen MR) is 120 cm³/mol. The van der Waals surface area contributed by atoms with Crippen LogP contribution in [0.3, 0.4) is 0 Å². The molecule has 30 heavy (non-hydrogen) atoms. The van der Waals surface area contributed by atoms with Crippen molar-refractivity contribution in [1.82, 2.24) is 25.4 Å². The van der Waals surface area contributed by atoms with Crippen molar-refractivity contribution in [2.75, 3.05) is 18.0 Å². The molecule has 0 bridgehead atoms. The standard InChI is InChI=1S/C23H29N7/c1-3-24-23(26-15-22-27-17-28-29(22)2)25-14-18-8-10-19(11-9-18)16-30-13-12-20-6-4-5-7-21(20)30/h4-11,17H,3,12-16H2,1-2H3,(H2,24,25,26). The van der Waals surface area contributed by atoms with Gasteiger partial charge in [-0.25, -0.2) is 9.98 Å². The summed E-state index contributed by atoms with van der Waals surface area (Å²) in [5, 5.41) is 10.7. The highest BCUT2D eigenvalue weighted by Crippen LogP contribution is 2.28. The number of guanidine groups is 1. The zero-order valence-corrected chi connectivity index (χ0v) is 17.7. The lowest BCUT2D eigenvalue weighted by molar-refractivity contribution is 0.673. The fourth-order valence-corrected chi connectivity index (χ4v) is 3.70. The molecule has 0 spiro atoms. The quantitative estimate of drug-likeness (QED) is 0.469. The normalized spacial score (nSPS) is 13.4. The van der Waals surface area contributed by atoms with Gasteiger partial charge in [-0.15, -0.1) is 0 Å². The van der Waals surface area contributed by atoms with E-state index in [2.05, 4.69) is 81.1 Å². The number of aliphatic imine (C=N–C) groups is 1. The number of hydrogen-bond acceptors (Lipinski definition) is 4. The summed E-state index contributed by atoms with van der Waals surface area (Å²) in [6, 6.07) is 17.5. The molecule has 0 amide bonds. The highest BCUT2D eigenvalue weighted by molar-refractivity contribution is 5.79. The van der Waals surface area contributed by atoms with Crippen molar-refractivity contribution in [2.45, 2.75) is 33.0 Å². The Morgan fingerprint density at radius 1 is 1.07 bits per heavy atom. The van der Waals surface area contributed by atoms with Gasteiger partial charge >= 0.3 is 0 Å². The van der Waals surface area contributed by atoms with Gasteiger partial charge in [0.2, 0.25) is 0 Å². The number of hydrogen-bond donors (Lipinski definition) is 2.